The van der Waals surface area contributed by atoms with E-state index in [2.05, 4.69) is 51.1 Å². The van der Waals surface area contributed by atoms with Crippen LogP contribution >= 0.6 is 0 Å². The summed E-state index contributed by atoms with van der Waals surface area (Å²) < 4.78 is 0. The summed E-state index contributed by atoms with van der Waals surface area (Å²) in [5, 5.41) is 0. The average Bonchev–Trinajstić information content (AvgIpc) is 2.16. The fourth-order valence-electron chi connectivity index (χ4n) is 1.64. The van der Waals surface area contributed by atoms with Crippen molar-refractivity contribution in [2.45, 2.75) is 33.6 Å². The Morgan fingerprint density at radius 3 is 2.54 bits per heavy atom. The fourth-order valence-corrected chi connectivity index (χ4v) is 1.64. The van der Waals surface area contributed by atoms with E-state index in [1.807, 2.05) is 0 Å². The average molecular weight is 174 g/mol. The minimum absolute atomic E-state index is 1.18. The number of aryl methyl sites for hydroxylation is 1. The molecule has 0 saturated carbocycles. The first-order valence-electron chi connectivity index (χ1n) is 5.00. The molecular formula is C13H18. The Labute approximate surface area is 81.3 Å². The van der Waals surface area contributed by atoms with Gasteiger partial charge in [0.2, 0.25) is 0 Å². The molecule has 0 nitrogen and oxygen atoms in total. The van der Waals surface area contributed by atoms with Gasteiger partial charge >= 0.3 is 0 Å². The minimum Gasteiger partial charge on any atom is -0.0838 e. The molecule has 1 aromatic carbocycles. The van der Waals surface area contributed by atoms with Gasteiger partial charge in [-0.2, -0.15) is 0 Å². The van der Waals surface area contributed by atoms with Gasteiger partial charge in [0.1, 0.15) is 0 Å². The number of hydrogen-bond acceptors (Lipinski definition) is 0. The molecule has 0 spiro atoms. The van der Waals surface area contributed by atoms with Crippen molar-refractivity contribution in [1.82, 2.24) is 0 Å². The van der Waals surface area contributed by atoms with E-state index in [1.165, 1.54) is 29.5 Å². The summed E-state index contributed by atoms with van der Waals surface area (Å²) >= 11 is 0. The lowest BCUT2D eigenvalue weighted by molar-refractivity contribution is 0.970. The normalized spacial score (nSPS) is 11.8. The highest BCUT2D eigenvalue weighted by atomic mass is 14.1. The van der Waals surface area contributed by atoms with Gasteiger partial charge in [-0.25, -0.2) is 0 Å². The summed E-state index contributed by atoms with van der Waals surface area (Å²) in [6.07, 6.45) is 4.63. The predicted octanol–water partition coefficient (Wildman–Crippen LogP) is 4.20. The Kier molecular flexibility index (Phi) is 3.75. The van der Waals surface area contributed by atoms with Gasteiger partial charge in [-0.15, -0.1) is 0 Å². The van der Waals surface area contributed by atoms with E-state index in [0.717, 1.165) is 0 Å². The van der Waals surface area contributed by atoms with E-state index in [4.69, 9.17) is 0 Å². The molecule has 0 bridgehead atoms. The summed E-state index contributed by atoms with van der Waals surface area (Å²) in [5.74, 6) is 0. The van der Waals surface area contributed by atoms with Crippen LogP contribution in [0.15, 0.2) is 30.3 Å². The topological polar surface area (TPSA) is 0 Å². The van der Waals surface area contributed by atoms with Crippen molar-refractivity contribution < 1.29 is 0 Å². The molecule has 0 aliphatic rings. The third-order valence-electron chi connectivity index (χ3n) is 2.36. The maximum absolute atomic E-state index is 2.23. The largest absolute Gasteiger partial charge is 0.0838 e. The lowest BCUT2D eigenvalue weighted by atomic mass is 9.97. The van der Waals surface area contributed by atoms with Gasteiger partial charge in [0.25, 0.3) is 0 Å². The monoisotopic (exact) mass is 174 g/mol. The second-order valence-corrected chi connectivity index (χ2v) is 3.38. The molecule has 0 aromatic heterocycles. The van der Waals surface area contributed by atoms with E-state index in [1.54, 1.807) is 0 Å². The first-order valence-corrected chi connectivity index (χ1v) is 5.00. The number of benzene rings is 1. The highest BCUT2D eigenvalue weighted by Crippen LogP contribution is 2.22. The molecule has 0 aliphatic carbocycles. The molecule has 0 aliphatic heterocycles. The van der Waals surface area contributed by atoms with E-state index in [9.17, 15) is 0 Å². The van der Waals surface area contributed by atoms with E-state index < -0.39 is 0 Å². The number of rotatable bonds is 3. The Morgan fingerprint density at radius 2 is 2.00 bits per heavy atom. The minimum atomic E-state index is 1.18. The molecule has 0 unspecified atom stereocenters. The van der Waals surface area contributed by atoms with Crippen molar-refractivity contribution in [3.05, 3.63) is 41.5 Å². The van der Waals surface area contributed by atoms with Crippen molar-refractivity contribution in [2.75, 3.05) is 0 Å². The van der Waals surface area contributed by atoms with Crippen LogP contribution in [0.2, 0.25) is 0 Å². The maximum Gasteiger partial charge on any atom is -0.0199 e. The molecule has 0 saturated heterocycles. The molecule has 0 radical (unpaired) electrons. The van der Waals surface area contributed by atoms with Gasteiger partial charge < -0.3 is 0 Å². The molecule has 0 fully saturated rings. The van der Waals surface area contributed by atoms with Crippen LogP contribution < -0.4 is 0 Å². The first-order chi connectivity index (χ1) is 6.29. The molecule has 0 N–H and O–H groups in total. The zero-order valence-corrected chi connectivity index (χ0v) is 8.80. The van der Waals surface area contributed by atoms with Gasteiger partial charge in [0.05, 0.1) is 0 Å². The number of hydrogen-bond donors (Lipinski definition) is 0. The molecule has 0 heterocycles. The summed E-state index contributed by atoms with van der Waals surface area (Å²) in [7, 11) is 0. The van der Waals surface area contributed by atoms with Crippen LogP contribution in [0.5, 0.6) is 0 Å². The van der Waals surface area contributed by atoms with Gasteiger partial charge in [0, 0.05) is 0 Å². The van der Waals surface area contributed by atoms with Crippen molar-refractivity contribution in [2.24, 2.45) is 0 Å². The van der Waals surface area contributed by atoms with Crippen LogP contribution in [0.25, 0.3) is 5.57 Å². The van der Waals surface area contributed by atoms with Gasteiger partial charge in [0.15, 0.2) is 0 Å². The molecule has 1 rings (SSSR count). The molecule has 0 atom stereocenters. The van der Waals surface area contributed by atoms with E-state index in [-0.39, 0.29) is 0 Å². The Bertz CT molecular complexity index is 295. The Hall–Kier alpha value is -1.04. The third-order valence-corrected chi connectivity index (χ3v) is 2.36. The molecule has 13 heavy (non-hydrogen) atoms. The van der Waals surface area contributed by atoms with Gasteiger partial charge in [-0.1, -0.05) is 43.7 Å². The van der Waals surface area contributed by atoms with Crippen molar-refractivity contribution in [3.63, 3.8) is 0 Å². The molecule has 0 heteroatoms. The molecule has 1 aromatic rings. The van der Waals surface area contributed by atoms with Crippen LogP contribution in [0.3, 0.4) is 0 Å². The second kappa shape index (κ2) is 4.86. The maximum atomic E-state index is 2.23. The molecule has 0 amide bonds. The standard InChI is InChI=1S/C13H18/c1-4-8-12(5-2)13-10-7-6-9-11(13)3/h5-7,9-10H,4,8H2,1-3H3. The van der Waals surface area contributed by atoms with Gasteiger partial charge in [-0.3, -0.25) is 0 Å². The van der Waals surface area contributed by atoms with Crippen molar-refractivity contribution in [1.29, 1.82) is 0 Å². The third kappa shape index (κ3) is 2.45. The van der Waals surface area contributed by atoms with Crippen LogP contribution in [-0.4, -0.2) is 0 Å². The lowest BCUT2D eigenvalue weighted by Gasteiger charge is -2.08. The summed E-state index contributed by atoms with van der Waals surface area (Å²) in [6, 6.07) is 8.59. The molecular weight excluding hydrogens is 156 g/mol. The summed E-state index contributed by atoms with van der Waals surface area (Å²) in [6.45, 7) is 6.52. The van der Waals surface area contributed by atoms with Crippen molar-refractivity contribution in [3.8, 4) is 0 Å². The Balaban J connectivity index is 2.99. The van der Waals surface area contributed by atoms with Crippen molar-refractivity contribution >= 4 is 5.57 Å². The van der Waals surface area contributed by atoms with E-state index in [0.29, 0.717) is 0 Å². The second-order valence-electron chi connectivity index (χ2n) is 3.38. The lowest BCUT2D eigenvalue weighted by Crippen LogP contribution is -1.87. The number of allylic oxidation sites excluding steroid dienone is 2. The SMILES string of the molecule is CC=C(CCC)c1ccccc1C. The fraction of sp³-hybridized carbons (Fsp3) is 0.385. The summed E-state index contributed by atoms with van der Waals surface area (Å²) in [4.78, 5) is 0. The quantitative estimate of drug-likeness (QED) is 0.644. The molecule has 70 valence electrons. The van der Waals surface area contributed by atoms with Crippen LogP contribution in [0, 0.1) is 6.92 Å². The highest BCUT2D eigenvalue weighted by molar-refractivity contribution is 5.67. The Morgan fingerprint density at radius 1 is 1.31 bits per heavy atom. The smallest absolute Gasteiger partial charge is 0.0199 e. The summed E-state index contributed by atoms with van der Waals surface area (Å²) in [5.41, 5.74) is 4.26. The van der Waals surface area contributed by atoms with Crippen LogP contribution in [0.1, 0.15) is 37.8 Å². The van der Waals surface area contributed by atoms with Crippen LogP contribution in [0.4, 0.5) is 0 Å². The predicted molar refractivity (Wildman–Crippen MR) is 59.7 cm³/mol. The zero-order valence-electron chi connectivity index (χ0n) is 8.80. The highest BCUT2D eigenvalue weighted by Gasteiger charge is 2.01. The van der Waals surface area contributed by atoms with E-state index >= 15 is 0 Å². The first kappa shape index (κ1) is 10.0. The van der Waals surface area contributed by atoms with Crippen LogP contribution in [-0.2, 0) is 0 Å². The zero-order chi connectivity index (χ0) is 9.68. The van der Waals surface area contributed by atoms with Gasteiger partial charge in [-0.05, 0) is 37.0 Å².